The number of hydrogen-bond acceptors (Lipinski definition) is 4. The molecule has 2 heterocycles. The normalized spacial score (nSPS) is 19.4. The molecule has 2 atom stereocenters. The van der Waals surface area contributed by atoms with Crippen molar-refractivity contribution in [3.8, 4) is 6.07 Å². The lowest BCUT2D eigenvalue weighted by molar-refractivity contribution is -0.00697. The molecule has 0 saturated heterocycles. The van der Waals surface area contributed by atoms with Gasteiger partial charge in [0.15, 0.2) is 5.69 Å². The first-order chi connectivity index (χ1) is 11.5. The molecule has 0 unspecified atom stereocenters. The SMILES string of the molecule is C[C@@H]1Cc2c(C(=O)NCc3cc(C#N)ccc3F)n[nH]c2[C@H](C)O1. The van der Waals surface area contributed by atoms with Crippen LogP contribution in [-0.2, 0) is 17.7 Å². The third-order valence-corrected chi connectivity index (χ3v) is 4.06. The van der Waals surface area contributed by atoms with Gasteiger partial charge < -0.3 is 10.1 Å². The Hall–Kier alpha value is -2.72. The van der Waals surface area contributed by atoms with Crippen molar-refractivity contribution in [2.45, 2.75) is 39.0 Å². The van der Waals surface area contributed by atoms with Crippen molar-refractivity contribution in [1.29, 1.82) is 5.26 Å². The maximum Gasteiger partial charge on any atom is 0.272 e. The minimum Gasteiger partial charge on any atom is -0.369 e. The van der Waals surface area contributed by atoms with E-state index in [2.05, 4.69) is 15.5 Å². The van der Waals surface area contributed by atoms with Crippen LogP contribution in [0.25, 0.3) is 0 Å². The molecule has 2 N–H and O–H groups in total. The van der Waals surface area contributed by atoms with Crippen molar-refractivity contribution >= 4 is 5.91 Å². The van der Waals surface area contributed by atoms with Gasteiger partial charge in [-0.2, -0.15) is 10.4 Å². The predicted molar refractivity (Wildman–Crippen MR) is 83.5 cm³/mol. The molecule has 124 valence electrons. The number of nitriles is 1. The number of amides is 1. The van der Waals surface area contributed by atoms with Gasteiger partial charge >= 0.3 is 0 Å². The summed E-state index contributed by atoms with van der Waals surface area (Å²) in [6, 6.07) is 5.99. The number of rotatable bonds is 3. The summed E-state index contributed by atoms with van der Waals surface area (Å²) in [7, 11) is 0. The zero-order valence-corrected chi connectivity index (χ0v) is 13.4. The number of aromatic nitrogens is 2. The third-order valence-electron chi connectivity index (χ3n) is 4.06. The Balaban J connectivity index is 1.76. The van der Waals surface area contributed by atoms with E-state index in [1.807, 2.05) is 19.9 Å². The molecule has 3 rings (SSSR count). The smallest absolute Gasteiger partial charge is 0.272 e. The molecule has 0 fully saturated rings. The Morgan fingerprint density at radius 1 is 1.54 bits per heavy atom. The number of carbonyl (C=O) groups excluding carboxylic acids is 1. The predicted octanol–water partition coefficient (Wildman–Crippen LogP) is 2.37. The fraction of sp³-hybridized carbons (Fsp3) is 0.353. The Morgan fingerprint density at radius 2 is 2.33 bits per heavy atom. The summed E-state index contributed by atoms with van der Waals surface area (Å²) in [5.74, 6) is -0.843. The monoisotopic (exact) mass is 328 g/mol. The summed E-state index contributed by atoms with van der Waals surface area (Å²) in [6.07, 6.45) is 0.445. The van der Waals surface area contributed by atoms with Crippen LogP contribution in [-0.4, -0.2) is 22.2 Å². The first-order valence-corrected chi connectivity index (χ1v) is 7.69. The van der Waals surface area contributed by atoms with Crippen LogP contribution in [0.3, 0.4) is 0 Å². The summed E-state index contributed by atoms with van der Waals surface area (Å²) >= 11 is 0. The van der Waals surface area contributed by atoms with Crippen LogP contribution in [0.2, 0.25) is 0 Å². The molecule has 1 aromatic heterocycles. The molecule has 6 nitrogen and oxygen atoms in total. The largest absolute Gasteiger partial charge is 0.369 e. The fourth-order valence-electron chi connectivity index (χ4n) is 2.90. The Labute approximate surface area is 138 Å². The molecule has 0 aliphatic carbocycles. The van der Waals surface area contributed by atoms with Crippen LogP contribution >= 0.6 is 0 Å². The van der Waals surface area contributed by atoms with Gasteiger partial charge in [0.05, 0.1) is 29.5 Å². The van der Waals surface area contributed by atoms with E-state index in [0.717, 1.165) is 11.3 Å². The summed E-state index contributed by atoms with van der Waals surface area (Å²) < 4.78 is 19.5. The van der Waals surface area contributed by atoms with E-state index in [9.17, 15) is 9.18 Å². The maximum atomic E-state index is 13.8. The molecule has 24 heavy (non-hydrogen) atoms. The molecule has 2 aromatic rings. The van der Waals surface area contributed by atoms with Crippen LogP contribution in [0.4, 0.5) is 4.39 Å². The second-order valence-electron chi connectivity index (χ2n) is 5.86. The Bertz CT molecular complexity index is 824. The minimum absolute atomic E-state index is 0.00130. The highest BCUT2D eigenvalue weighted by molar-refractivity contribution is 5.94. The van der Waals surface area contributed by atoms with Gasteiger partial charge in [0.2, 0.25) is 0 Å². The highest BCUT2D eigenvalue weighted by atomic mass is 19.1. The number of benzene rings is 1. The van der Waals surface area contributed by atoms with Crippen LogP contribution in [0.1, 0.15) is 52.8 Å². The molecule has 0 radical (unpaired) electrons. The quantitative estimate of drug-likeness (QED) is 0.905. The molecule has 1 aliphatic heterocycles. The summed E-state index contributed by atoms with van der Waals surface area (Å²) in [5.41, 5.74) is 2.55. The number of halogens is 1. The van der Waals surface area contributed by atoms with Gasteiger partial charge in [0.1, 0.15) is 5.82 Å². The molecule has 7 heteroatoms. The number of nitrogens with one attached hydrogen (secondary N) is 2. The average Bonchev–Trinajstić information content (AvgIpc) is 2.98. The van der Waals surface area contributed by atoms with Crippen molar-refractivity contribution < 1.29 is 13.9 Å². The van der Waals surface area contributed by atoms with Crippen molar-refractivity contribution in [2.24, 2.45) is 0 Å². The zero-order valence-electron chi connectivity index (χ0n) is 13.4. The lowest BCUT2D eigenvalue weighted by atomic mass is 9.99. The van der Waals surface area contributed by atoms with Gasteiger partial charge in [-0.3, -0.25) is 9.89 Å². The van der Waals surface area contributed by atoms with Crippen molar-refractivity contribution in [1.82, 2.24) is 15.5 Å². The van der Waals surface area contributed by atoms with Crippen LogP contribution in [0.15, 0.2) is 18.2 Å². The third kappa shape index (κ3) is 3.01. The number of nitrogens with zero attached hydrogens (tertiary/aromatic N) is 2. The average molecular weight is 328 g/mol. The van der Waals surface area contributed by atoms with Crippen molar-refractivity contribution in [2.75, 3.05) is 0 Å². The molecular weight excluding hydrogens is 311 g/mol. The zero-order chi connectivity index (χ0) is 17.3. The molecule has 1 amide bonds. The van der Waals surface area contributed by atoms with Gasteiger partial charge in [-0.15, -0.1) is 0 Å². The first-order valence-electron chi connectivity index (χ1n) is 7.69. The van der Waals surface area contributed by atoms with E-state index in [-0.39, 0.29) is 30.2 Å². The van der Waals surface area contributed by atoms with Crippen LogP contribution in [0.5, 0.6) is 0 Å². The lowest BCUT2D eigenvalue weighted by Crippen LogP contribution is -2.27. The van der Waals surface area contributed by atoms with Gasteiger partial charge in [-0.25, -0.2) is 4.39 Å². The van der Waals surface area contributed by atoms with Gasteiger partial charge in [-0.1, -0.05) is 0 Å². The number of carbonyl (C=O) groups is 1. The molecule has 0 spiro atoms. The van der Waals surface area contributed by atoms with E-state index < -0.39 is 5.82 Å². The van der Waals surface area contributed by atoms with E-state index in [0.29, 0.717) is 17.7 Å². The van der Waals surface area contributed by atoms with Crippen molar-refractivity contribution in [3.63, 3.8) is 0 Å². The molecular formula is C17H17FN4O2. The highest BCUT2D eigenvalue weighted by Gasteiger charge is 2.29. The minimum atomic E-state index is -0.464. The molecule has 0 bridgehead atoms. The van der Waals surface area contributed by atoms with E-state index in [1.54, 1.807) is 0 Å². The van der Waals surface area contributed by atoms with E-state index in [4.69, 9.17) is 10.00 Å². The summed E-state index contributed by atoms with van der Waals surface area (Å²) in [5, 5.41) is 18.5. The van der Waals surface area contributed by atoms with Gasteiger partial charge in [-0.05, 0) is 32.0 Å². The Morgan fingerprint density at radius 3 is 3.08 bits per heavy atom. The number of fused-ring (bicyclic) bond motifs is 1. The second-order valence-corrected chi connectivity index (χ2v) is 5.86. The van der Waals surface area contributed by atoms with Crippen LogP contribution in [0, 0.1) is 17.1 Å². The number of H-pyrrole nitrogens is 1. The second kappa shape index (κ2) is 6.42. The lowest BCUT2D eigenvalue weighted by Gasteiger charge is -2.25. The highest BCUT2D eigenvalue weighted by Crippen LogP contribution is 2.30. The fourth-order valence-corrected chi connectivity index (χ4v) is 2.90. The van der Waals surface area contributed by atoms with E-state index >= 15 is 0 Å². The van der Waals surface area contributed by atoms with Crippen molar-refractivity contribution in [3.05, 3.63) is 52.1 Å². The standard InChI is InChI=1S/C17H17FN4O2/c1-9-5-13-15(10(2)24-9)21-22-16(13)17(23)20-8-12-6-11(7-19)3-4-14(12)18/h3-4,6,9-10H,5,8H2,1-2H3,(H,20,23)(H,21,22)/t9-,10+/m1/s1. The Kier molecular flexibility index (Phi) is 4.32. The van der Waals surface area contributed by atoms with Crippen LogP contribution < -0.4 is 5.32 Å². The maximum absolute atomic E-state index is 13.8. The molecule has 1 aliphatic rings. The topological polar surface area (TPSA) is 90.8 Å². The number of ether oxygens (including phenoxy) is 1. The van der Waals surface area contributed by atoms with Gasteiger partial charge in [0.25, 0.3) is 5.91 Å². The molecule has 0 saturated carbocycles. The molecule has 1 aromatic carbocycles. The number of hydrogen-bond donors (Lipinski definition) is 2. The summed E-state index contributed by atoms with van der Waals surface area (Å²) in [4.78, 5) is 12.4. The van der Waals surface area contributed by atoms with E-state index in [1.165, 1.54) is 18.2 Å². The summed E-state index contributed by atoms with van der Waals surface area (Å²) in [6.45, 7) is 3.83. The number of aromatic amines is 1. The first kappa shape index (κ1) is 16.1. The van der Waals surface area contributed by atoms with Gasteiger partial charge in [0, 0.05) is 24.1 Å².